The number of aromatic nitrogens is 2. The molecule has 0 bridgehead atoms. The number of benzene rings is 1. The summed E-state index contributed by atoms with van der Waals surface area (Å²) < 4.78 is 5.60. The number of rotatable bonds is 8. The number of carbonyl (C=O) groups excluding carboxylic acids is 1. The zero-order valence-corrected chi connectivity index (χ0v) is 16.6. The van der Waals surface area contributed by atoms with Crippen LogP contribution in [0, 0.1) is 0 Å². The Morgan fingerprint density at radius 3 is 2.54 bits per heavy atom. The highest BCUT2D eigenvalue weighted by Crippen LogP contribution is 2.20. The van der Waals surface area contributed by atoms with Crippen LogP contribution >= 0.6 is 0 Å². The Morgan fingerprint density at radius 1 is 1.14 bits per heavy atom. The number of anilines is 2. The minimum atomic E-state index is -0.239. The molecule has 2 N–H and O–H groups in total. The predicted molar refractivity (Wildman–Crippen MR) is 112 cm³/mol. The molecule has 2 aromatic rings. The molecule has 28 heavy (non-hydrogen) atoms. The van der Waals surface area contributed by atoms with Crippen LogP contribution in [0.3, 0.4) is 0 Å². The van der Waals surface area contributed by atoms with Gasteiger partial charge in [-0.2, -0.15) is 0 Å². The van der Waals surface area contributed by atoms with Crippen molar-refractivity contribution in [2.75, 3.05) is 17.2 Å². The highest BCUT2D eigenvalue weighted by Gasteiger charge is 2.09. The normalized spacial score (nSPS) is 13.8. The van der Waals surface area contributed by atoms with Crippen molar-refractivity contribution in [2.45, 2.75) is 52.1 Å². The lowest BCUT2D eigenvalue weighted by Crippen LogP contribution is -2.14. The minimum absolute atomic E-state index is 0.115. The van der Waals surface area contributed by atoms with Crippen LogP contribution in [0.2, 0.25) is 0 Å². The van der Waals surface area contributed by atoms with Crippen molar-refractivity contribution in [3.8, 4) is 5.75 Å². The summed E-state index contributed by atoms with van der Waals surface area (Å²) >= 11 is 0. The van der Waals surface area contributed by atoms with E-state index in [9.17, 15) is 4.79 Å². The van der Waals surface area contributed by atoms with Gasteiger partial charge in [0.1, 0.15) is 5.75 Å². The van der Waals surface area contributed by atoms with Gasteiger partial charge in [0, 0.05) is 24.6 Å². The quantitative estimate of drug-likeness (QED) is 0.642. The SMILES string of the molecule is CC(C)Oc1ccc(NC(=O)c2cnc(NCCC3=CCCCC3)nc2)cc1. The van der Waals surface area contributed by atoms with Gasteiger partial charge in [-0.3, -0.25) is 4.79 Å². The lowest BCUT2D eigenvalue weighted by atomic mass is 9.97. The molecule has 0 fully saturated rings. The van der Waals surface area contributed by atoms with E-state index in [1.165, 1.54) is 31.3 Å². The van der Waals surface area contributed by atoms with Crippen molar-refractivity contribution in [1.29, 1.82) is 0 Å². The van der Waals surface area contributed by atoms with Gasteiger partial charge in [-0.15, -0.1) is 0 Å². The summed E-state index contributed by atoms with van der Waals surface area (Å²) in [5.41, 5.74) is 2.63. The second-order valence-corrected chi connectivity index (χ2v) is 7.23. The molecule has 0 unspecified atom stereocenters. The zero-order valence-electron chi connectivity index (χ0n) is 16.6. The number of nitrogens with one attached hydrogen (secondary N) is 2. The Balaban J connectivity index is 1.48. The standard InChI is InChI=1S/C22H28N4O2/c1-16(2)28-20-10-8-19(9-11-20)26-21(27)18-14-24-22(25-15-18)23-13-12-17-6-4-3-5-7-17/h6,8-11,14-16H,3-5,7,12-13H2,1-2H3,(H,26,27)(H,23,24,25). The first-order valence-corrected chi connectivity index (χ1v) is 9.92. The molecule has 0 spiro atoms. The number of carbonyl (C=O) groups is 1. The summed E-state index contributed by atoms with van der Waals surface area (Å²) in [6.45, 7) is 4.76. The van der Waals surface area contributed by atoms with Gasteiger partial charge >= 0.3 is 0 Å². The highest BCUT2D eigenvalue weighted by molar-refractivity contribution is 6.03. The Morgan fingerprint density at radius 2 is 1.89 bits per heavy atom. The van der Waals surface area contributed by atoms with Crippen LogP contribution < -0.4 is 15.4 Å². The summed E-state index contributed by atoms with van der Waals surface area (Å²) in [5, 5.41) is 6.06. The Labute approximate surface area is 166 Å². The molecule has 1 aromatic carbocycles. The topological polar surface area (TPSA) is 76.1 Å². The molecule has 1 aliphatic carbocycles. The third kappa shape index (κ3) is 6.08. The van der Waals surface area contributed by atoms with E-state index in [0.717, 1.165) is 18.7 Å². The van der Waals surface area contributed by atoms with Crippen LogP contribution in [0.4, 0.5) is 11.6 Å². The van der Waals surface area contributed by atoms with E-state index in [-0.39, 0.29) is 12.0 Å². The fourth-order valence-corrected chi connectivity index (χ4v) is 3.10. The smallest absolute Gasteiger partial charge is 0.258 e. The van der Waals surface area contributed by atoms with Crippen LogP contribution in [-0.2, 0) is 0 Å². The molecule has 0 saturated heterocycles. The maximum atomic E-state index is 12.4. The number of hydrogen-bond acceptors (Lipinski definition) is 5. The van der Waals surface area contributed by atoms with Crippen LogP contribution in [0.25, 0.3) is 0 Å². The van der Waals surface area contributed by atoms with Gasteiger partial charge < -0.3 is 15.4 Å². The van der Waals surface area contributed by atoms with Crippen LogP contribution in [0.5, 0.6) is 5.75 Å². The number of hydrogen-bond donors (Lipinski definition) is 2. The Kier molecular flexibility index (Phi) is 7.00. The molecule has 6 heteroatoms. The molecule has 3 rings (SSSR count). The summed E-state index contributed by atoms with van der Waals surface area (Å²) in [5.74, 6) is 1.08. The third-order valence-corrected chi connectivity index (χ3v) is 4.51. The van der Waals surface area contributed by atoms with Crippen molar-refractivity contribution in [3.63, 3.8) is 0 Å². The molecule has 0 atom stereocenters. The van der Waals surface area contributed by atoms with Crippen molar-refractivity contribution in [2.24, 2.45) is 0 Å². The maximum absolute atomic E-state index is 12.4. The van der Waals surface area contributed by atoms with Crippen molar-refractivity contribution in [3.05, 3.63) is 53.9 Å². The van der Waals surface area contributed by atoms with E-state index in [1.807, 2.05) is 38.1 Å². The van der Waals surface area contributed by atoms with Gasteiger partial charge in [0.05, 0.1) is 11.7 Å². The van der Waals surface area contributed by atoms with Gasteiger partial charge in [-0.1, -0.05) is 11.6 Å². The van der Waals surface area contributed by atoms with E-state index in [4.69, 9.17) is 4.74 Å². The molecule has 6 nitrogen and oxygen atoms in total. The summed E-state index contributed by atoms with van der Waals surface area (Å²) in [6.07, 6.45) is 11.6. The van der Waals surface area contributed by atoms with Gasteiger partial charge in [0.2, 0.25) is 5.95 Å². The van der Waals surface area contributed by atoms with E-state index >= 15 is 0 Å². The van der Waals surface area contributed by atoms with Crippen LogP contribution in [0.1, 0.15) is 56.3 Å². The first kappa shape index (κ1) is 19.9. The van der Waals surface area contributed by atoms with Gasteiger partial charge in [0.25, 0.3) is 5.91 Å². The van der Waals surface area contributed by atoms with Crippen LogP contribution in [-0.4, -0.2) is 28.5 Å². The zero-order chi connectivity index (χ0) is 19.8. The number of ether oxygens (including phenoxy) is 1. The van der Waals surface area contributed by atoms with E-state index in [0.29, 0.717) is 17.2 Å². The maximum Gasteiger partial charge on any atom is 0.258 e. The molecule has 0 radical (unpaired) electrons. The lowest BCUT2D eigenvalue weighted by Gasteiger charge is -2.13. The van der Waals surface area contributed by atoms with Crippen molar-refractivity contribution < 1.29 is 9.53 Å². The molecule has 148 valence electrons. The Bertz CT molecular complexity index is 798. The largest absolute Gasteiger partial charge is 0.491 e. The molecule has 1 amide bonds. The van der Waals surface area contributed by atoms with Crippen LogP contribution in [0.15, 0.2) is 48.3 Å². The number of amides is 1. The van der Waals surface area contributed by atoms with E-state index < -0.39 is 0 Å². The number of nitrogens with zero attached hydrogens (tertiary/aromatic N) is 2. The predicted octanol–water partition coefficient (Wildman–Crippen LogP) is 4.82. The fraction of sp³-hybridized carbons (Fsp3) is 0.409. The van der Waals surface area contributed by atoms with Gasteiger partial charge in [-0.05, 0) is 70.2 Å². The summed E-state index contributed by atoms with van der Waals surface area (Å²) in [6, 6.07) is 7.29. The summed E-state index contributed by atoms with van der Waals surface area (Å²) in [4.78, 5) is 20.9. The monoisotopic (exact) mass is 380 g/mol. The molecular formula is C22H28N4O2. The van der Waals surface area contributed by atoms with Crippen molar-refractivity contribution in [1.82, 2.24) is 9.97 Å². The highest BCUT2D eigenvalue weighted by atomic mass is 16.5. The molecule has 1 aromatic heterocycles. The van der Waals surface area contributed by atoms with E-state index in [2.05, 4.69) is 26.7 Å². The van der Waals surface area contributed by atoms with Gasteiger partial charge in [0.15, 0.2) is 0 Å². The average molecular weight is 380 g/mol. The lowest BCUT2D eigenvalue weighted by molar-refractivity contribution is 0.102. The van der Waals surface area contributed by atoms with Gasteiger partial charge in [-0.25, -0.2) is 9.97 Å². The second kappa shape index (κ2) is 9.88. The molecule has 0 aliphatic heterocycles. The molecule has 1 heterocycles. The van der Waals surface area contributed by atoms with E-state index in [1.54, 1.807) is 12.4 Å². The molecular weight excluding hydrogens is 352 g/mol. The second-order valence-electron chi connectivity index (χ2n) is 7.23. The molecule has 1 aliphatic rings. The molecule has 0 saturated carbocycles. The average Bonchev–Trinajstić information content (AvgIpc) is 2.70. The number of allylic oxidation sites excluding steroid dienone is 1. The van der Waals surface area contributed by atoms with Crippen molar-refractivity contribution >= 4 is 17.5 Å². The summed E-state index contributed by atoms with van der Waals surface area (Å²) in [7, 11) is 0. The third-order valence-electron chi connectivity index (χ3n) is 4.51. The Hall–Kier alpha value is -2.89. The fourth-order valence-electron chi connectivity index (χ4n) is 3.10. The first-order chi connectivity index (χ1) is 13.6. The minimum Gasteiger partial charge on any atom is -0.491 e. The first-order valence-electron chi connectivity index (χ1n) is 9.92.